The van der Waals surface area contributed by atoms with Gasteiger partial charge in [0.2, 0.25) is 0 Å². The van der Waals surface area contributed by atoms with Crippen LogP contribution >= 0.6 is 0 Å². The van der Waals surface area contributed by atoms with Gasteiger partial charge in [0.1, 0.15) is 17.6 Å². The van der Waals surface area contributed by atoms with Gasteiger partial charge in [-0.05, 0) is 49.1 Å². The first-order valence-corrected chi connectivity index (χ1v) is 12.5. The Balaban J connectivity index is 1.68. The van der Waals surface area contributed by atoms with Crippen molar-refractivity contribution in [2.75, 3.05) is 0 Å². The molecule has 38 heavy (non-hydrogen) atoms. The van der Waals surface area contributed by atoms with Gasteiger partial charge in [-0.3, -0.25) is 9.59 Å². The maximum absolute atomic E-state index is 15.2. The average Bonchev–Trinajstić information content (AvgIpc) is 2.94. The summed E-state index contributed by atoms with van der Waals surface area (Å²) in [5.41, 5.74) is 3.47. The number of benzene rings is 2. The molecule has 2 aliphatic carbocycles. The van der Waals surface area contributed by atoms with Crippen molar-refractivity contribution in [2.45, 2.75) is 32.1 Å². The summed E-state index contributed by atoms with van der Waals surface area (Å²) in [6, 6.07) is 17.6. The molecule has 2 aromatic heterocycles. The number of pyridine rings is 1. The maximum atomic E-state index is 15.2. The van der Waals surface area contributed by atoms with Gasteiger partial charge in [-0.2, -0.15) is 5.26 Å². The van der Waals surface area contributed by atoms with Crippen LogP contribution in [0.4, 0.5) is 4.39 Å². The minimum absolute atomic E-state index is 0.0554. The SMILES string of the molecule is C[C@H]1C(=O)C(C#N)=C[C@@]2(C)c3nc(-c4cccc5nc(C=O)ccc45)nc(-c4ccccc4F)c3CC[C@H]12. The number of aldehydes is 1. The van der Waals surface area contributed by atoms with Gasteiger partial charge in [0.15, 0.2) is 17.9 Å². The van der Waals surface area contributed by atoms with Crippen LogP contribution in [0.5, 0.6) is 0 Å². The van der Waals surface area contributed by atoms with E-state index in [1.807, 2.05) is 38.1 Å². The Morgan fingerprint density at radius 3 is 2.61 bits per heavy atom. The van der Waals surface area contributed by atoms with E-state index >= 15 is 4.39 Å². The van der Waals surface area contributed by atoms with Crippen molar-refractivity contribution in [3.8, 4) is 28.7 Å². The van der Waals surface area contributed by atoms with Gasteiger partial charge in [-0.15, -0.1) is 0 Å². The van der Waals surface area contributed by atoms with E-state index in [0.717, 1.165) is 10.9 Å². The van der Waals surface area contributed by atoms with Gasteiger partial charge in [0.05, 0.1) is 22.5 Å². The first-order chi connectivity index (χ1) is 18.4. The van der Waals surface area contributed by atoms with Crippen LogP contribution in [0.15, 0.2) is 66.2 Å². The smallest absolute Gasteiger partial charge is 0.176 e. The molecule has 0 saturated carbocycles. The van der Waals surface area contributed by atoms with Crippen molar-refractivity contribution in [3.63, 3.8) is 0 Å². The predicted molar refractivity (Wildman–Crippen MR) is 141 cm³/mol. The highest BCUT2D eigenvalue weighted by atomic mass is 19.1. The predicted octanol–water partition coefficient (Wildman–Crippen LogP) is 5.80. The van der Waals surface area contributed by atoms with E-state index in [9.17, 15) is 14.9 Å². The summed E-state index contributed by atoms with van der Waals surface area (Å²) < 4.78 is 15.2. The molecule has 2 heterocycles. The second-order valence-corrected chi connectivity index (χ2v) is 10.2. The second kappa shape index (κ2) is 8.77. The Kier molecular flexibility index (Phi) is 5.50. The minimum Gasteiger partial charge on any atom is -0.296 e. The largest absolute Gasteiger partial charge is 0.296 e. The number of carbonyl (C=O) groups is 2. The Bertz CT molecular complexity index is 1740. The number of ketones is 1. The van der Waals surface area contributed by atoms with Crippen LogP contribution in [0.25, 0.3) is 33.5 Å². The van der Waals surface area contributed by atoms with Crippen LogP contribution in [0.2, 0.25) is 0 Å². The van der Waals surface area contributed by atoms with Crippen molar-refractivity contribution in [1.29, 1.82) is 5.26 Å². The molecule has 0 fully saturated rings. The number of nitriles is 1. The van der Waals surface area contributed by atoms with Gasteiger partial charge in [-0.25, -0.2) is 19.3 Å². The highest BCUT2D eigenvalue weighted by molar-refractivity contribution is 6.02. The van der Waals surface area contributed by atoms with E-state index in [2.05, 4.69) is 11.1 Å². The Morgan fingerprint density at radius 1 is 1.05 bits per heavy atom. The zero-order valence-corrected chi connectivity index (χ0v) is 20.9. The number of hydrogen-bond acceptors (Lipinski definition) is 6. The molecule has 0 saturated heterocycles. The number of rotatable bonds is 3. The van der Waals surface area contributed by atoms with Crippen LogP contribution in [0.3, 0.4) is 0 Å². The topological polar surface area (TPSA) is 96.6 Å². The normalized spacial score (nSPS) is 22.3. The molecule has 2 aromatic carbocycles. The lowest BCUT2D eigenvalue weighted by atomic mass is 9.57. The van der Waals surface area contributed by atoms with Crippen molar-refractivity contribution < 1.29 is 14.0 Å². The molecule has 0 N–H and O–H groups in total. The fourth-order valence-corrected chi connectivity index (χ4v) is 6.20. The minimum atomic E-state index is -0.711. The summed E-state index contributed by atoms with van der Waals surface area (Å²) in [6.07, 6.45) is 3.74. The maximum Gasteiger partial charge on any atom is 0.176 e. The van der Waals surface area contributed by atoms with Gasteiger partial charge in [-0.1, -0.05) is 44.2 Å². The van der Waals surface area contributed by atoms with Crippen LogP contribution in [-0.2, 0) is 16.6 Å². The number of aromatic nitrogens is 3. The van der Waals surface area contributed by atoms with Gasteiger partial charge in [0, 0.05) is 33.4 Å². The summed E-state index contributed by atoms with van der Waals surface area (Å²) in [7, 11) is 0. The molecular formula is C31H23FN4O2. The highest BCUT2D eigenvalue weighted by Gasteiger charge is 2.49. The molecule has 3 atom stereocenters. The molecule has 0 radical (unpaired) electrons. The molecule has 0 spiro atoms. The molecule has 7 heteroatoms. The number of nitrogens with zero attached hydrogens (tertiary/aromatic N) is 4. The van der Waals surface area contributed by atoms with Gasteiger partial charge < -0.3 is 0 Å². The number of allylic oxidation sites excluding steroid dienone is 2. The average molecular weight is 503 g/mol. The fourth-order valence-electron chi connectivity index (χ4n) is 6.20. The fraction of sp³-hybridized carbons (Fsp3) is 0.226. The molecule has 6 rings (SSSR count). The lowest BCUT2D eigenvalue weighted by Crippen LogP contribution is -2.46. The van der Waals surface area contributed by atoms with E-state index in [0.29, 0.717) is 58.7 Å². The lowest BCUT2D eigenvalue weighted by Gasteiger charge is -2.45. The van der Waals surface area contributed by atoms with Crippen LogP contribution in [-0.4, -0.2) is 27.0 Å². The lowest BCUT2D eigenvalue weighted by molar-refractivity contribution is -0.121. The molecule has 0 aliphatic heterocycles. The second-order valence-electron chi connectivity index (χ2n) is 10.2. The molecule has 0 bridgehead atoms. The van der Waals surface area contributed by atoms with E-state index in [1.165, 1.54) is 6.07 Å². The number of carbonyl (C=O) groups excluding carboxylic acids is 2. The van der Waals surface area contributed by atoms with Crippen molar-refractivity contribution in [1.82, 2.24) is 15.0 Å². The number of halogens is 1. The summed E-state index contributed by atoms with van der Waals surface area (Å²) in [5, 5.41) is 10.5. The summed E-state index contributed by atoms with van der Waals surface area (Å²) in [5.74, 6) is -0.534. The standard InChI is InChI=1S/C31H23FN4O2/c1-17-24-13-12-23-27(22-6-3-4-8-25(22)32)35-30(36-29(23)31(24,2)14-18(15-33)28(17)38)21-7-5-9-26-20(21)11-10-19(16-37)34-26/h3-11,14,16-17,24H,12-13H2,1-2H3/t17-,24-,31-/m1/s1. The molecule has 2 aliphatic rings. The number of hydrogen-bond donors (Lipinski definition) is 0. The van der Waals surface area contributed by atoms with Crippen LogP contribution in [0, 0.1) is 29.0 Å². The zero-order valence-electron chi connectivity index (χ0n) is 20.9. The summed E-state index contributed by atoms with van der Waals surface area (Å²) >= 11 is 0. The van der Waals surface area contributed by atoms with E-state index in [-0.39, 0.29) is 29.0 Å². The van der Waals surface area contributed by atoms with E-state index in [1.54, 1.807) is 30.3 Å². The number of fused-ring (bicyclic) bond motifs is 4. The third kappa shape index (κ3) is 3.48. The highest BCUT2D eigenvalue weighted by Crippen LogP contribution is 2.51. The van der Waals surface area contributed by atoms with Crippen molar-refractivity contribution in [2.24, 2.45) is 11.8 Å². The molecule has 186 valence electrons. The number of Topliss-reactive ketones (excluding diaryl/α,β-unsaturated/α-hetero) is 1. The van der Waals surface area contributed by atoms with Crippen LogP contribution < -0.4 is 0 Å². The molecule has 4 aromatic rings. The monoisotopic (exact) mass is 502 g/mol. The van der Waals surface area contributed by atoms with E-state index < -0.39 is 5.41 Å². The molecule has 0 amide bonds. The van der Waals surface area contributed by atoms with Gasteiger partial charge >= 0.3 is 0 Å². The summed E-state index contributed by atoms with van der Waals surface area (Å²) in [6.45, 7) is 3.89. The van der Waals surface area contributed by atoms with Crippen molar-refractivity contribution in [3.05, 3.63) is 89.0 Å². The first kappa shape index (κ1) is 23.8. The Morgan fingerprint density at radius 2 is 1.84 bits per heavy atom. The first-order valence-electron chi connectivity index (χ1n) is 12.5. The molecule has 6 nitrogen and oxygen atoms in total. The van der Waals surface area contributed by atoms with Crippen molar-refractivity contribution >= 4 is 23.0 Å². The zero-order chi connectivity index (χ0) is 26.6. The molecule has 0 unspecified atom stereocenters. The van der Waals surface area contributed by atoms with Crippen LogP contribution in [0.1, 0.15) is 42.0 Å². The summed E-state index contributed by atoms with van der Waals surface area (Å²) in [4.78, 5) is 38.6. The quantitative estimate of drug-likeness (QED) is 0.329. The Labute approximate surface area is 218 Å². The Hall–Kier alpha value is -4.57. The van der Waals surface area contributed by atoms with Gasteiger partial charge in [0.25, 0.3) is 0 Å². The third-order valence-corrected chi connectivity index (χ3v) is 8.08. The third-order valence-electron chi connectivity index (χ3n) is 8.08. The molecular weight excluding hydrogens is 479 g/mol. The van der Waals surface area contributed by atoms with E-state index in [4.69, 9.17) is 9.97 Å².